The van der Waals surface area contributed by atoms with Crippen molar-refractivity contribution in [1.29, 1.82) is 0 Å². The van der Waals surface area contributed by atoms with E-state index in [2.05, 4.69) is 31.0 Å². The number of amides is 3. The number of imide groups is 1. The zero-order valence-electron chi connectivity index (χ0n) is 15.8. The molecule has 0 radical (unpaired) electrons. The molecule has 1 fully saturated rings. The predicted octanol–water partition coefficient (Wildman–Crippen LogP) is 4.24. The van der Waals surface area contributed by atoms with E-state index in [0.717, 1.165) is 30.5 Å². The number of urea groups is 1. The Morgan fingerprint density at radius 1 is 1.15 bits per heavy atom. The van der Waals surface area contributed by atoms with Gasteiger partial charge >= 0.3 is 6.03 Å². The van der Waals surface area contributed by atoms with Crippen LogP contribution in [0.15, 0.2) is 24.3 Å². The van der Waals surface area contributed by atoms with Crippen LogP contribution >= 0.6 is 0 Å². The third-order valence-corrected chi connectivity index (χ3v) is 6.12. The minimum Gasteiger partial charge on any atom is -0.356 e. The second-order valence-electron chi connectivity index (χ2n) is 7.48. The van der Waals surface area contributed by atoms with Gasteiger partial charge in [0.1, 0.15) is 6.04 Å². The van der Waals surface area contributed by atoms with Gasteiger partial charge in [-0.2, -0.15) is 0 Å². The van der Waals surface area contributed by atoms with Gasteiger partial charge < -0.3 is 9.88 Å². The molecule has 0 bridgehead atoms. The molecule has 1 aromatic heterocycles. The van der Waals surface area contributed by atoms with E-state index in [1.54, 1.807) is 0 Å². The van der Waals surface area contributed by atoms with Crippen molar-refractivity contribution in [3.05, 3.63) is 35.5 Å². The Bertz CT molecular complexity index is 852. The summed E-state index contributed by atoms with van der Waals surface area (Å²) in [6.45, 7) is 6.86. The number of hydrogen-bond donors (Lipinski definition) is 1. The largest absolute Gasteiger partial charge is 0.356 e. The molecular formula is C21H27N3O2. The van der Waals surface area contributed by atoms with E-state index in [1.165, 1.54) is 15.8 Å². The monoisotopic (exact) mass is 353 g/mol. The number of benzene rings is 1. The lowest BCUT2D eigenvalue weighted by atomic mass is 9.83. The molecule has 2 aliphatic rings. The Balaban J connectivity index is 1.88. The fourth-order valence-corrected chi connectivity index (χ4v) is 4.82. The normalized spacial score (nSPS) is 22.5. The number of nitrogens with zero attached hydrogens (tertiary/aromatic N) is 2. The van der Waals surface area contributed by atoms with Gasteiger partial charge in [0.25, 0.3) is 5.91 Å². The second-order valence-corrected chi connectivity index (χ2v) is 7.48. The molecule has 1 aromatic carbocycles. The van der Waals surface area contributed by atoms with Gasteiger partial charge in [0.15, 0.2) is 0 Å². The summed E-state index contributed by atoms with van der Waals surface area (Å²) in [7, 11) is 0. The van der Waals surface area contributed by atoms with E-state index >= 15 is 0 Å². The summed E-state index contributed by atoms with van der Waals surface area (Å²) in [5.41, 5.74) is 3.45. The van der Waals surface area contributed by atoms with Crippen molar-refractivity contribution in [2.75, 3.05) is 6.54 Å². The van der Waals surface area contributed by atoms with Crippen LogP contribution in [0, 0.1) is 5.92 Å². The van der Waals surface area contributed by atoms with Crippen molar-refractivity contribution in [3.63, 3.8) is 0 Å². The van der Waals surface area contributed by atoms with Crippen molar-refractivity contribution >= 4 is 22.8 Å². The minimum atomic E-state index is -0.355. The van der Waals surface area contributed by atoms with E-state index in [0.29, 0.717) is 18.9 Å². The quantitative estimate of drug-likeness (QED) is 0.817. The molecule has 2 atom stereocenters. The lowest BCUT2D eigenvalue weighted by Crippen LogP contribution is -2.46. The van der Waals surface area contributed by atoms with E-state index in [1.807, 2.05) is 24.0 Å². The molecule has 2 aromatic rings. The van der Waals surface area contributed by atoms with Crippen LogP contribution < -0.4 is 0 Å². The Kier molecular flexibility index (Phi) is 4.25. The number of H-pyrrole nitrogens is 1. The van der Waals surface area contributed by atoms with Crippen molar-refractivity contribution in [2.24, 2.45) is 5.92 Å². The van der Waals surface area contributed by atoms with Crippen LogP contribution in [0.4, 0.5) is 4.79 Å². The SMILES string of the molecule is CCCN1C(=O)[C@@H]2Cc3c([nH]c4ccccc34)[C@@H](C(CC)CC)N2C1=O. The highest BCUT2D eigenvalue weighted by atomic mass is 16.2. The topological polar surface area (TPSA) is 56.4 Å². The third-order valence-electron chi connectivity index (χ3n) is 6.12. The Morgan fingerprint density at radius 3 is 2.58 bits per heavy atom. The first-order chi connectivity index (χ1) is 12.6. The summed E-state index contributed by atoms with van der Waals surface area (Å²) in [6.07, 6.45) is 3.37. The predicted molar refractivity (Wildman–Crippen MR) is 102 cm³/mol. The first-order valence-electron chi connectivity index (χ1n) is 9.85. The Hall–Kier alpha value is -2.30. The standard InChI is InChI=1S/C21H27N3O2/c1-4-11-23-20(25)17-12-15-14-9-7-8-10-16(14)22-18(15)19(13(5-2)6-3)24(17)21(23)26/h7-10,13,17,19,22H,4-6,11-12H2,1-3H3/t17-,19+/m0/s1. The first kappa shape index (κ1) is 17.1. The third kappa shape index (κ3) is 2.29. The highest BCUT2D eigenvalue weighted by molar-refractivity contribution is 6.05. The molecule has 1 N–H and O–H groups in total. The summed E-state index contributed by atoms with van der Waals surface area (Å²) in [6, 6.07) is 7.75. The maximum atomic E-state index is 13.1. The lowest BCUT2D eigenvalue weighted by molar-refractivity contribution is -0.128. The highest BCUT2D eigenvalue weighted by Gasteiger charge is 2.52. The number of rotatable bonds is 5. The molecule has 5 nitrogen and oxygen atoms in total. The van der Waals surface area contributed by atoms with Crippen molar-refractivity contribution in [1.82, 2.24) is 14.8 Å². The van der Waals surface area contributed by atoms with Gasteiger partial charge in [-0.3, -0.25) is 9.69 Å². The maximum Gasteiger partial charge on any atom is 0.328 e. The van der Waals surface area contributed by atoms with Gasteiger partial charge in [-0.25, -0.2) is 4.79 Å². The van der Waals surface area contributed by atoms with E-state index in [-0.39, 0.29) is 24.0 Å². The van der Waals surface area contributed by atoms with Crippen molar-refractivity contribution in [3.8, 4) is 0 Å². The average molecular weight is 353 g/mol. The minimum absolute atomic E-state index is 0.0243. The van der Waals surface area contributed by atoms with E-state index in [9.17, 15) is 9.59 Å². The number of aromatic amines is 1. The Morgan fingerprint density at radius 2 is 1.88 bits per heavy atom. The molecule has 0 unspecified atom stereocenters. The lowest BCUT2D eigenvalue weighted by Gasteiger charge is -2.39. The maximum absolute atomic E-state index is 13.1. The van der Waals surface area contributed by atoms with E-state index in [4.69, 9.17) is 0 Å². The Labute approximate surface area is 154 Å². The van der Waals surface area contributed by atoms with Gasteiger partial charge in [-0.1, -0.05) is 51.8 Å². The summed E-state index contributed by atoms with van der Waals surface area (Å²) in [4.78, 5) is 33.1. The van der Waals surface area contributed by atoms with Crippen LogP contribution in [0.3, 0.4) is 0 Å². The number of hydrogen-bond acceptors (Lipinski definition) is 2. The molecular weight excluding hydrogens is 326 g/mol. The van der Waals surface area contributed by atoms with Gasteiger partial charge in [0.2, 0.25) is 0 Å². The zero-order chi connectivity index (χ0) is 18.4. The summed E-state index contributed by atoms with van der Waals surface area (Å²) in [5.74, 6) is 0.312. The second kappa shape index (κ2) is 6.45. The summed E-state index contributed by atoms with van der Waals surface area (Å²) < 4.78 is 0. The molecule has 1 saturated heterocycles. The fraction of sp³-hybridized carbons (Fsp3) is 0.524. The number of para-hydroxylation sites is 1. The van der Waals surface area contributed by atoms with Crippen LogP contribution in [0.1, 0.15) is 57.3 Å². The number of carbonyl (C=O) groups is 2. The van der Waals surface area contributed by atoms with Crippen molar-refractivity contribution < 1.29 is 9.59 Å². The van der Waals surface area contributed by atoms with Gasteiger partial charge in [0.05, 0.1) is 6.04 Å². The van der Waals surface area contributed by atoms with Crippen molar-refractivity contribution in [2.45, 2.75) is 58.5 Å². The van der Waals surface area contributed by atoms with Crippen LogP contribution in [0.25, 0.3) is 10.9 Å². The zero-order valence-corrected chi connectivity index (χ0v) is 15.8. The van der Waals surface area contributed by atoms with Crippen LogP contribution in [0.2, 0.25) is 0 Å². The molecule has 0 saturated carbocycles. The summed E-state index contributed by atoms with van der Waals surface area (Å²) in [5, 5.41) is 1.19. The average Bonchev–Trinajstić information content (AvgIpc) is 3.14. The molecule has 2 aliphatic heterocycles. The van der Waals surface area contributed by atoms with Gasteiger partial charge in [-0.15, -0.1) is 0 Å². The number of fused-ring (bicyclic) bond motifs is 4. The molecule has 0 aliphatic carbocycles. The van der Waals surface area contributed by atoms with Crippen LogP contribution in [0.5, 0.6) is 0 Å². The smallest absolute Gasteiger partial charge is 0.328 e. The van der Waals surface area contributed by atoms with E-state index < -0.39 is 0 Å². The number of nitrogens with one attached hydrogen (secondary N) is 1. The first-order valence-corrected chi connectivity index (χ1v) is 9.85. The highest BCUT2D eigenvalue weighted by Crippen LogP contribution is 2.45. The molecule has 4 rings (SSSR count). The molecule has 138 valence electrons. The molecule has 26 heavy (non-hydrogen) atoms. The number of aromatic nitrogens is 1. The number of carbonyl (C=O) groups excluding carboxylic acids is 2. The molecule has 3 amide bonds. The summed E-state index contributed by atoms with van der Waals surface area (Å²) >= 11 is 0. The molecule has 5 heteroatoms. The van der Waals surface area contributed by atoms with Crippen LogP contribution in [-0.4, -0.2) is 39.3 Å². The van der Waals surface area contributed by atoms with Gasteiger partial charge in [-0.05, 0) is 24.0 Å². The molecule has 0 spiro atoms. The van der Waals surface area contributed by atoms with Gasteiger partial charge in [0, 0.05) is 29.6 Å². The fourth-order valence-electron chi connectivity index (χ4n) is 4.82. The molecule has 3 heterocycles. The van der Waals surface area contributed by atoms with Crippen LogP contribution in [-0.2, 0) is 11.2 Å².